The molecule has 0 spiro atoms. The minimum atomic E-state index is 0.742. The van der Waals surface area contributed by atoms with Crippen LogP contribution in [0, 0.1) is 0 Å². The molecule has 0 saturated heterocycles. The van der Waals surface area contributed by atoms with Crippen LogP contribution in [0.2, 0.25) is 0 Å². The molecule has 17 heavy (non-hydrogen) atoms. The van der Waals surface area contributed by atoms with Crippen LogP contribution in [0.5, 0.6) is 0 Å². The van der Waals surface area contributed by atoms with Crippen LogP contribution in [0.25, 0.3) is 11.3 Å². The average Bonchev–Trinajstić information content (AvgIpc) is 2.58. The van der Waals surface area contributed by atoms with Crippen molar-refractivity contribution in [1.29, 1.82) is 0 Å². The number of hydrogen-bond donors (Lipinski definition) is 2. The predicted molar refractivity (Wildman–Crippen MR) is 67.3 cm³/mol. The van der Waals surface area contributed by atoms with E-state index >= 15 is 0 Å². The Kier molecular flexibility index (Phi) is 2.49. The van der Waals surface area contributed by atoms with Crippen molar-refractivity contribution in [3.05, 3.63) is 41.7 Å². The molecule has 1 aromatic heterocycles. The molecule has 1 heterocycles. The van der Waals surface area contributed by atoms with Gasteiger partial charge in [0.2, 0.25) is 0 Å². The zero-order valence-electron chi connectivity index (χ0n) is 9.48. The summed E-state index contributed by atoms with van der Waals surface area (Å²) in [7, 11) is 0. The molecule has 4 nitrogen and oxygen atoms in total. The third-order valence-corrected chi connectivity index (χ3v) is 3.23. The first-order chi connectivity index (χ1) is 8.40. The van der Waals surface area contributed by atoms with Gasteiger partial charge in [0.05, 0.1) is 5.69 Å². The molecule has 0 aliphatic heterocycles. The number of nitrogens with zero attached hydrogens (tertiary/aromatic N) is 2. The van der Waals surface area contributed by atoms with E-state index in [9.17, 15) is 0 Å². The molecule has 3 rings (SSSR count). The quantitative estimate of drug-likeness (QED) is 0.576. The van der Waals surface area contributed by atoms with Gasteiger partial charge in [-0.05, 0) is 24.8 Å². The topological polar surface area (TPSA) is 63.8 Å². The molecule has 86 valence electrons. The van der Waals surface area contributed by atoms with Crippen molar-refractivity contribution in [3.63, 3.8) is 0 Å². The van der Waals surface area contributed by atoms with Gasteiger partial charge in [-0.3, -0.25) is 0 Å². The highest BCUT2D eigenvalue weighted by atomic mass is 15.3. The lowest BCUT2D eigenvalue weighted by Crippen LogP contribution is -2.12. The van der Waals surface area contributed by atoms with Gasteiger partial charge >= 0.3 is 0 Å². The van der Waals surface area contributed by atoms with E-state index in [1.807, 2.05) is 6.07 Å². The third kappa shape index (κ3) is 1.66. The summed E-state index contributed by atoms with van der Waals surface area (Å²) in [5.74, 6) is 6.25. The fraction of sp³-hybridized carbons (Fsp3) is 0.231. The van der Waals surface area contributed by atoms with Crippen LogP contribution in [-0.4, -0.2) is 9.97 Å². The van der Waals surface area contributed by atoms with E-state index < -0.39 is 0 Å². The lowest BCUT2D eigenvalue weighted by Gasteiger charge is -2.10. The van der Waals surface area contributed by atoms with Crippen LogP contribution in [0.4, 0.5) is 5.82 Å². The molecular formula is C13H14N4. The molecule has 1 aliphatic rings. The molecule has 0 saturated carbocycles. The first-order valence-corrected chi connectivity index (χ1v) is 5.79. The van der Waals surface area contributed by atoms with E-state index in [-0.39, 0.29) is 0 Å². The van der Waals surface area contributed by atoms with Gasteiger partial charge < -0.3 is 5.43 Å². The second kappa shape index (κ2) is 4.14. The number of aromatic nitrogens is 2. The summed E-state index contributed by atoms with van der Waals surface area (Å²) in [5, 5.41) is 0. The number of benzene rings is 1. The summed E-state index contributed by atoms with van der Waals surface area (Å²) < 4.78 is 0. The maximum atomic E-state index is 5.50. The molecule has 0 fully saturated rings. The smallest absolute Gasteiger partial charge is 0.147 e. The molecule has 1 aromatic carbocycles. The highest BCUT2D eigenvalue weighted by molar-refractivity contribution is 5.71. The number of hydrazine groups is 1. The van der Waals surface area contributed by atoms with Gasteiger partial charge in [0.15, 0.2) is 0 Å². The zero-order valence-corrected chi connectivity index (χ0v) is 9.48. The van der Waals surface area contributed by atoms with Crippen molar-refractivity contribution >= 4 is 5.82 Å². The van der Waals surface area contributed by atoms with Crippen molar-refractivity contribution < 1.29 is 0 Å². The Bertz CT molecular complexity index is 551. The second-order valence-electron chi connectivity index (χ2n) is 4.20. The number of rotatable bonds is 1. The first-order valence-electron chi connectivity index (χ1n) is 5.79. The van der Waals surface area contributed by atoms with Crippen molar-refractivity contribution in [2.24, 2.45) is 5.84 Å². The molecule has 0 radical (unpaired) electrons. The van der Waals surface area contributed by atoms with E-state index in [2.05, 4.69) is 33.6 Å². The minimum Gasteiger partial charge on any atom is -0.308 e. The number of nitrogen functional groups attached to an aromatic ring is 1. The minimum absolute atomic E-state index is 0.742. The number of fused-ring (bicyclic) bond motifs is 3. The number of nitrogens with two attached hydrogens (primary N) is 1. The van der Waals surface area contributed by atoms with Crippen molar-refractivity contribution in [1.82, 2.24) is 9.97 Å². The Morgan fingerprint density at radius 3 is 2.88 bits per heavy atom. The average molecular weight is 226 g/mol. The fourth-order valence-electron chi connectivity index (χ4n) is 2.43. The van der Waals surface area contributed by atoms with E-state index in [1.165, 1.54) is 11.1 Å². The van der Waals surface area contributed by atoms with Crippen LogP contribution >= 0.6 is 0 Å². The highest BCUT2D eigenvalue weighted by Crippen LogP contribution is 2.32. The predicted octanol–water partition coefficient (Wildman–Crippen LogP) is 1.92. The van der Waals surface area contributed by atoms with Crippen LogP contribution in [0.15, 0.2) is 30.6 Å². The lowest BCUT2D eigenvalue weighted by atomic mass is 10.0. The molecule has 0 amide bonds. The molecular weight excluding hydrogens is 212 g/mol. The van der Waals surface area contributed by atoms with Gasteiger partial charge in [-0.15, -0.1) is 0 Å². The maximum Gasteiger partial charge on any atom is 0.147 e. The molecule has 2 aromatic rings. The first kappa shape index (κ1) is 10.2. The van der Waals surface area contributed by atoms with Gasteiger partial charge in [0, 0.05) is 11.1 Å². The van der Waals surface area contributed by atoms with E-state index in [0.717, 1.165) is 36.3 Å². The zero-order chi connectivity index (χ0) is 11.7. The van der Waals surface area contributed by atoms with Gasteiger partial charge in [0.25, 0.3) is 0 Å². The maximum absolute atomic E-state index is 5.50. The standard InChI is InChI=1S/C13H14N4/c14-17-13-11-7-3-5-9-4-1-2-6-10(9)12(11)15-8-16-13/h1-2,4,6,8H,3,5,7,14H2,(H,15,16,17). The Morgan fingerprint density at radius 2 is 2.00 bits per heavy atom. The second-order valence-corrected chi connectivity index (χ2v) is 4.20. The Hall–Kier alpha value is -1.94. The number of hydrogen-bond acceptors (Lipinski definition) is 4. The number of nitrogens with one attached hydrogen (secondary N) is 1. The van der Waals surface area contributed by atoms with E-state index in [4.69, 9.17) is 5.84 Å². The molecule has 0 atom stereocenters. The Balaban J connectivity index is 2.26. The van der Waals surface area contributed by atoms with Crippen LogP contribution in [0.1, 0.15) is 17.5 Å². The third-order valence-electron chi connectivity index (χ3n) is 3.23. The molecule has 0 unspecified atom stereocenters. The molecule has 3 N–H and O–H groups in total. The van der Waals surface area contributed by atoms with Gasteiger partial charge in [-0.1, -0.05) is 24.3 Å². The summed E-state index contributed by atoms with van der Waals surface area (Å²) in [4.78, 5) is 8.60. The Labute approximate surface area is 99.9 Å². The molecule has 4 heteroatoms. The SMILES string of the molecule is NNc1ncnc2c1CCCc1ccccc1-2. The van der Waals surface area contributed by atoms with Crippen LogP contribution < -0.4 is 11.3 Å². The summed E-state index contributed by atoms with van der Waals surface area (Å²) in [6.07, 6.45) is 4.71. The van der Waals surface area contributed by atoms with Crippen LogP contribution in [-0.2, 0) is 12.8 Å². The van der Waals surface area contributed by atoms with Crippen LogP contribution in [0.3, 0.4) is 0 Å². The van der Waals surface area contributed by atoms with Crippen molar-refractivity contribution in [3.8, 4) is 11.3 Å². The molecule has 0 bridgehead atoms. The van der Waals surface area contributed by atoms with Gasteiger partial charge in [-0.2, -0.15) is 0 Å². The number of anilines is 1. The summed E-state index contributed by atoms with van der Waals surface area (Å²) in [6.45, 7) is 0. The van der Waals surface area contributed by atoms with Gasteiger partial charge in [0.1, 0.15) is 12.1 Å². The highest BCUT2D eigenvalue weighted by Gasteiger charge is 2.18. The van der Waals surface area contributed by atoms with Gasteiger partial charge in [-0.25, -0.2) is 15.8 Å². The lowest BCUT2D eigenvalue weighted by molar-refractivity contribution is 0.829. The molecule has 1 aliphatic carbocycles. The van der Waals surface area contributed by atoms with Crippen molar-refractivity contribution in [2.75, 3.05) is 5.43 Å². The monoisotopic (exact) mass is 226 g/mol. The van der Waals surface area contributed by atoms with Crippen molar-refractivity contribution in [2.45, 2.75) is 19.3 Å². The number of aryl methyl sites for hydroxylation is 1. The normalized spacial score (nSPS) is 13.5. The Morgan fingerprint density at radius 1 is 1.12 bits per heavy atom. The largest absolute Gasteiger partial charge is 0.308 e. The van der Waals surface area contributed by atoms with E-state index in [1.54, 1.807) is 6.33 Å². The van der Waals surface area contributed by atoms with E-state index in [0.29, 0.717) is 0 Å². The summed E-state index contributed by atoms with van der Waals surface area (Å²) >= 11 is 0. The summed E-state index contributed by atoms with van der Waals surface area (Å²) in [6, 6.07) is 8.41. The summed E-state index contributed by atoms with van der Waals surface area (Å²) in [5.41, 5.74) is 7.36. The fourth-order valence-corrected chi connectivity index (χ4v) is 2.43.